The first-order chi connectivity index (χ1) is 16.6. The molecule has 0 saturated heterocycles. The highest BCUT2D eigenvalue weighted by molar-refractivity contribution is 7.89. The molecule has 35 heavy (non-hydrogen) atoms. The van der Waals surface area contributed by atoms with Crippen LogP contribution in [0.25, 0.3) is 0 Å². The van der Waals surface area contributed by atoms with E-state index in [1.54, 1.807) is 44.4 Å². The van der Waals surface area contributed by atoms with E-state index in [1.807, 2.05) is 11.0 Å². The van der Waals surface area contributed by atoms with Gasteiger partial charge in [-0.25, -0.2) is 18.4 Å². The van der Waals surface area contributed by atoms with Gasteiger partial charge in [-0.2, -0.15) is 0 Å². The van der Waals surface area contributed by atoms with E-state index in [-0.39, 0.29) is 16.2 Å². The average molecular weight is 506 g/mol. The number of carbonyl (C=O) groups excluding carboxylic acids is 2. The maximum absolute atomic E-state index is 12.8. The predicted molar refractivity (Wildman–Crippen MR) is 135 cm³/mol. The van der Waals surface area contributed by atoms with Crippen LogP contribution in [0, 0.1) is 0 Å². The fourth-order valence-electron chi connectivity index (χ4n) is 3.25. The molecule has 192 valence electrons. The lowest BCUT2D eigenvalue weighted by Crippen LogP contribution is -2.29. The highest BCUT2D eigenvalue weighted by Crippen LogP contribution is 2.39. The fourth-order valence-corrected chi connectivity index (χ4v) is 3.95. The standard InChI is InChI=1S/C25H35N3O6S/c1-5-7-14-28(15-8-6-2)21-16-19(25(30)33-18-23(29)27(3)4)17-22(35(26,31)32)24(21)34-20-12-10-9-11-13-20/h9-13,16-17H,5-8,14-15,18H2,1-4H3,(H2,26,31,32). The van der Waals surface area contributed by atoms with Crippen LogP contribution in [0.1, 0.15) is 49.9 Å². The van der Waals surface area contributed by atoms with Gasteiger partial charge in [0.25, 0.3) is 5.91 Å². The Morgan fingerprint density at radius 1 is 0.971 bits per heavy atom. The summed E-state index contributed by atoms with van der Waals surface area (Å²) >= 11 is 0. The molecule has 0 atom stereocenters. The molecule has 0 radical (unpaired) electrons. The topological polar surface area (TPSA) is 119 Å². The first-order valence-electron chi connectivity index (χ1n) is 11.6. The second kappa shape index (κ2) is 13.1. The maximum Gasteiger partial charge on any atom is 0.338 e. The molecule has 0 aliphatic rings. The van der Waals surface area contributed by atoms with Gasteiger partial charge in [0.2, 0.25) is 10.0 Å². The van der Waals surface area contributed by atoms with Gasteiger partial charge in [0.1, 0.15) is 10.6 Å². The molecule has 2 N–H and O–H groups in total. The van der Waals surface area contributed by atoms with E-state index in [4.69, 9.17) is 14.6 Å². The number of amides is 1. The first kappa shape index (κ1) is 28.1. The Morgan fingerprint density at radius 2 is 1.57 bits per heavy atom. The van der Waals surface area contributed by atoms with Gasteiger partial charge in [-0.15, -0.1) is 0 Å². The van der Waals surface area contributed by atoms with Gasteiger partial charge in [-0.05, 0) is 37.1 Å². The smallest absolute Gasteiger partial charge is 0.338 e. The van der Waals surface area contributed by atoms with E-state index in [0.717, 1.165) is 31.7 Å². The summed E-state index contributed by atoms with van der Waals surface area (Å²) in [4.78, 5) is 27.7. The molecule has 0 unspecified atom stereocenters. The number of likely N-dealkylation sites (N-methyl/N-ethyl adjacent to an activating group) is 1. The van der Waals surface area contributed by atoms with Crippen molar-refractivity contribution in [1.82, 2.24) is 4.90 Å². The van der Waals surface area contributed by atoms with Crippen molar-refractivity contribution in [3.05, 3.63) is 48.0 Å². The molecule has 0 aliphatic carbocycles. The zero-order valence-corrected chi connectivity index (χ0v) is 21.6. The summed E-state index contributed by atoms with van der Waals surface area (Å²) in [6.45, 7) is 4.91. The van der Waals surface area contributed by atoms with Crippen LogP contribution < -0.4 is 14.8 Å². The number of sulfonamides is 1. The second-order valence-corrected chi connectivity index (χ2v) is 9.87. The van der Waals surface area contributed by atoms with Crippen molar-refractivity contribution in [1.29, 1.82) is 0 Å². The van der Waals surface area contributed by atoms with E-state index in [9.17, 15) is 18.0 Å². The van der Waals surface area contributed by atoms with E-state index >= 15 is 0 Å². The van der Waals surface area contributed by atoms with Crippen molar-refractivity contribution in [3.63, 3.8) is 0 Å². The minimum atomic E-state index is -4.29. The van der Waals surface area contributed by atoms with Crippen LogP contribution in [-0.2, 0) is 19.6 Å². The van der Waals surface area contributed by atoms with Crippen molar-refractivity contribution in [2.75, 3.05) is 38.7 Å². The molecule has 1 amide bonds. The monoisotopic (exact) mass is 505 g/mol. The molecule has 0 bridgehead atoms. The quantitative estimate of drug-likeness (QED) is 0.412. The third-order valence-electron chi connectivity index (χ3n) is 5.27. The van der Waals surface area contributed by atoms with Gasteiger partial charge in [-0.3, -0.25) is 4.79 Å². The lowest BCUT2D eigenvalue weighted by Gasteiger charge is -2.28. The summed E-state index contributed by atoms with van der Waals surface area (Å²) in [5.74, 6) is -0.756. The number of unbranched alkanes of at least 4 members (excludes halogenated alkanes) is 2. The summed E-state index contributed by atoms with van der Waals surface area (Å²) < 4.78 is 36.5. The van der Waals surface area contributed by atoms with Crippen molar-refractivity contribution < 1.29 is 27.5 Å². The van der Waals surface area contributed by atoms with Crippen molar-refractivity contribution >= 4 is 27.6 Å². The summed E-state index contributed by atoms with van der Waals surface area (Å²) in [5, 5.41) is 5.57. The number of para-hydroxylation sites is 1. The number of nitrogens with two attached hydrogens (primary N) is 1. The van der Waals surface area contributed by atoms with Crippen LogP contribution in [-0.4, -0.2) is 59.0 Å². The fraction of sp³-hybridized carbons (Fsp3) is 0.440. The van der Waals surface area contributed by atoms with Gasteiger partial charge in [0.05, 0.1) is 11.3 Å². The van der Waals surface area contributed by atoms with Crippen molar-refractivity contribution in [2.24, 2.45) is 5.14 Å². The lowest BCUT2D eigenvalue weighted by molar-refractivity contribution is -0.131. The number of anilines is 1. The molecule has 0 aliphatic heterocycles. The molecule has 10 heteroatoms. The number of nitrogens with zero attached hydrogens (tertiary/aromatic N) is 2. The number of benzene rings is 2. The molecule has 0 spiro atoms. The summed E-state index contributed by atoms with van der Waals surface area (Å²) in [6, 6.07) is 11.4. The lowest BCUT2D eigenvalue weighted by atomic mass is 10.1. The normalized spacial score (nSPS) is 11.1. The van der Waals surface area contributed by atoms with E-state index in [1.165, 1.54) is 4.90 Å². The van der Waals surface area contributed by atoms with Crippen molar-refractivity contribution in [3.8, 4) is 11.5 Å². The van der Waals surface area contributed by atoms with Gasteiger partial charge in [0, 0.05) is 27.2 Å². The highest BCUT2D eigenvalue weighted by Gasteiger charge is 2.27. The largest absolute Gasteiger partial charge is 0.454 e. The summed E-state index contributed by atoms with van der Waals surface area (Å²) in [7, 11) is -1.20. The Labute approximate surface area is 207 Å². The molecule has 0 aromatic heterocycles. The van der Waals surface area contributed by atoms with Crippen LogP contribution in [0.2, 0.25) is 0 Å². The molecule has 0 heterocycles. The zero-order chi connectivity index (χ0) is 26.0. The summed E-state index contributed by atoms with van der Waals surface area (Å²) in [5.41, 5.74) is 0.391. The minimum Gasteiger partial charge on any atom is -0.454 e. The van der Waals surface area contributed by atoms with Crippen LogP contribution >= 0.6 is 0 Å². The molecular formula is C25H35N3O6S. The van der Waals surface area contributed by atoms with Gasteiger partial charge < -0.3 is 19.3 Å². The minimum absolute atomic E-state index is 0.0333. The van der Waals surface area contributed by atoms with E-state index < -0.39 is 28.5 Å². The Kier molecular flexibility index (Phi) is 10.5. The number of hydrogen-bond acceptors (Lipinski definition) is 7. The predicted octanol–water partition coefficient (Wildman–Crippen LogP) is 3.78. The molecular weight excluding hydrogens is 470 g/mol. The van der Waals surface area contributed by atoms with Gasteiger partial charge in [0.15, 0.2) is 12.4 Å². The average Bonchev–Trinajstić information content (AvgIpc) is 2.82. The van der Waals surface area contributed by atoms with Crippen LogP contribution in [0.4, 0.5) is 5.69 Å². The van der Waals surface area contributed by atoms with Gasteiger partial charge in [-0.1, -0.05) is 44.9 Å². The molecule has 9 nitrogen and oxygen atoms in total. The number of primary sulfonamides is 1. The molecule has 0 saturated carbocycles. The van der Waals surface area contributed by atoms with Gasteiger partial charge >= 0.3 is 5.97 Å². The zero-order valence-electron chi connectivity index (χ0n) is 20.8. The Morgan fingerprint density at radius 3 is 2.09 bits per heavy atom. The first-order valence-corrected chi connectivity index (χ1v) is 13.2. The van der Waals surface area contributed by atoms with Crippen LogP contribution in [0.3, 0.4) is 0 Å². The molecule has 0 fully saturated rings. The molecule has 2 aromatic carbocycles. The maximum atomic E-state index is 12.8. The van der Waals surface area contributed by atoms with Crippen molar-refractivity contribution in [2.45, 2.75) is 44.4 Å². The molecule has 2 aromatic rings. The van der Waals surface area contributed by atoms with E-state index in [0.29, 0.717) is 24.5 Å². The third kappa shape index (κ3) is 8.25. The Bertz CT molecular complexity index is 1100. The van der Waals surface area contributed by atoms with Crippen LogP contribution in [0.15, 0.2) is 47.4 Å². The second-order valence-electron chi connectivity index (χ2n) is 8.34. The Balaban J connectivity index is 2.66. The number of rotatable bonds is 13. The SMILES string of the molecule is CCCCN(CCCC)c1cc(C(=O)OCC(=O)N(C)C)cc(S(N)(=O)=O)c1Oc1ccccc1. The van der Waals surface area contributed by atoms with Crippen LogP contribution in [0.5, 0.6) is 11.5 Å². The number of esters is 1. The van der Waals surface area contributed by atoms with E-state index in [2.05, 4.69) is 13.8 Å². The number of ether oxygens (including phenoxy) is 2. The number of hydrogen-bond donors (Lipinski definition) is 1. The highest BCUT2D eigenvalue weighted by atomic mass is 32.2. The summed E-state index contributed by atoms with van der Waals surface area (Å²) in [6.07, 6.45) is 3.55. The third-order valence-corrected chi connectivity index (χ3v) is 6.19. The number of carbonyl (C=O) groups is 2. The Hall–Kier alpha value is -3.11. The molecule has 2 rings (SSSR count).